The number of thiazole rings is 1. The van der Waals surface area contributed by atoms with Crippen molar-refractivity contribution >= 4 is 28.1 Å². The fourth-order valence-electron chi connectivity index (χ4n) is 1.91. The largest absolute Gasteiger partial charge is 0.347 e. The van der Waals surface area contributed by atoms with Crippen LogP contribution in [0.25, 0.3) is 0 Å². The molecule has 2 aromatic rings. The van der Waals surface area contributed by atoms with Crippen LogP contribution in [-0.4, -0.2) is 18.6 Å². The van der Waals surface area contributed by atoms with Crippen LogP contribution >= 0.6 is 22.9 Å². The molecule has 0 radical (unpaired) electrons. The zero-order valence-electron chi connectivity index (χ0n) is 12.1. The molecule has 108 valence electrons. The van der Waals surface area contributed by atoms with Crippen LogP contribution in [0.3, 0.4) is 0 Å². The molecule has 0 atom stereocenters. The summed E-state index contributed by atoms with van der Waals surface area (Å²) in [6.07, 6.45) is 0. The van der Waals surface area contributed by atoms with Crippen molar-refractivity contribution in [3.8, 4) is 0 Å². The summed E-state index contributed by atoms with van der Waals surface area (Å²) in [7, 11) is 2.07. The van der Waals surface area contributed by atoms with Crippen molar-refractivity contribution in [1.82, 2.24) is 10.3 Å². The average molecular weight is 310 g/mol. The van der Waals surface area contributed by atoms with Gasteiger partial charge in [-0.1, -0.05) is 30.7 Å². The molecular formula is C15H20ClN3S. The smallest absolute Gasteiger partial charge is 0.185 e. The van der Waals surface area contributed by atoms with Crippen molar-refractivity contribution in [1.29, 1.82) is 0 Å². The monoisotopic (exact) mass is 309 g/mol. The van der Waals surface area contributed by atoms with Crippen LogP contribution in [0.15, 0.2) is 24.3 Å². The van der Waals surface area contributed by atoms with Crippen molar-refractivity contribution < 1.29 is 0 Å². The lowest BCUT2D eigenvalue weighted by molar-refractivity contribution is 0.731. The lowest BCUT2D eigenvalue weighted by Gasteiger charge is -2.15. The molecule has 0 fully saturated rings. The molecule has 3 nitrogen and oxygen atoms in total. The fraction of sp³-hybridized carbons (Fsp3) is 0.400. The molecule has 1 heterocycles. The van der Waals surface area contributed by atoms with Crippen molar-refractivity contribution in [2.75, 3.05) is 18.5 Å². The number of halogens is 1. The highest BCUT2D eigenvalue weighted by atomic mass is 35.5. The van der Waals surface area contributed by atoms with E-state index >= 15 is 0 Å². The summed E-state index contributed by atoms with van der Waals surface area (Å²) < 4.78 is 0. The Morgan fingerprint density at radius 3 is 2.65 bits per heavy atom. The molecule has 0 saturated heterocycles. The van der Waals surface area contributed by atoms with Gasteiger partial charge in [-0.15, -0.1) is 11.3 Å². The zero-order chi connectivity index (χ0) is 14.5. The van der Waals surface area contributed by atoms with E-state index in [-0.39, 0.29) is 0 Å². The first kappa shape index (κ1) is 15.3. The zero-order valence-corrected chi connectivity index (χ0v) is 13.7. The summed E-state index contributed by atoms with van der Waals surface area (Å²) in [5.41, 5.74) is 2.35. The number of anilines is 1. The molecule has 0 aliphatic rings. The van der Waals surface area contributed by atoms with Gasteiger partial charge in [0.25, 0.3) is 0 Å². The normalized spacial score (nSPS) is 10.8. The van der Waals surface area contributed by atoms with Gasteiger partial charge in [-0.05, 0) is 31.2 Å². The molecule has 20 heavy (non-hydrogen) atoms. The number of nitrogens with one attached hydrogen (secondary N) is 1. The van der Waals surface area contributed by atoms with Crippen LogP contribution in [0, 0.1) is 6.92 Å². The Kier molecular flexibility index (Phi) is 5.40. The topological polar surface area (TPSA) is 28.2 Å². The third-order valence-corrected chi connectivity index (χ3v) is 4.60. The second-order valence-corrected chi connectivity index (χ2v) is 6.27. The summed E-state index contributed by atoms with van der Waals surface area (Å²) in [4.78, 5) is 8.14. The number of rotatable bonds is 6. The molecule has 1 aromatic carbocycles. The third-order valence-electron chi connectivity index (χ3n) is 3.08. The number of benzene rings is 1. The minimum absolute atomic E-state index is 0.773. The van der Waals surface area contributed by atoms with Crippen molar-refractivity contribution in [3.63, 3.8) is 0 Å². The third kappa shape index (κ3) is 3.95. The van der Waals surface area contributed by atoms with Crippen LogP contribution in [-0.2, 0) is 13.1 Å². The molecule has 1 N–H and O–H groups in total. The Hall–Kier alpha value is -1.10. The highest BCUT2D eigenvalue weighted by molar-refractivity contribution is 7.15. The Labute approximate surface area is 129 Å². The minimum atomic E-state index is 0.773. The lowest BCUT2D eigenvalue weighted by atomic mass is 10.2. The molecule has 0 unspecified atom stereocenters. The summed E-state index contributed by atoms with van der Waals surface area (Å²) >= 11 is 7.66. The van der Waals surface area contributed by atoms with Crippen LogP contribution in [0.5, 0.6) is 0 Å². The Morgan fingerprint density at radius 1 is 1.30 bits per heavy atom. The first-order valence-corrected chi connectivity index (χ1v) is 7.92. The van der Waals surface area contributed by atoms with Gasteiger partial charge in [-0.2, -0.15) is 0 Å². The van der Waals surface area contributed by atoms with E-state index in [4.69, 9.17) is 11.6 Å². The first-order chi connectivity index (χ1) is 9.60. The van der Waals surface area contributed by atoms with Crippen LogP contribution in [0.4, 0.5) is 5.13 Å². The predicted octanol–water partition coefficient (Wildman–Crippen LogP) is 3.85. The van der Waals surface area contributed by atoms with E-state index in [0.29, 0.717) is 0 Å². The van der Waals surface area contributed by atoms with Gasteiger partial charge in [-0.3, -0.25) is 0 Å². The van der Waals surface area contributed by atoms with Crippen LogP contribution in [0.1, 0.15) is 23.1 Å². The van der Waals surface area contributed by atoms with Gasteiger partial charge < -0.3 is 10.2 Å². The van der Waals surface area contributed by atoms with Gasteiger partial charge in [0.15, 0.2) is 5.13 Å². The fourth-order valence-corrected chi connectivity index (χ4v) is 3.03. The van der Waals surface area contributed by atoms with Crippen molar-refractivity contribution in [3.05, 3.63) is 45.4 Å². The second-order valence-electron chi connectivity index (χ2n) is 4.77. The Balaban J connectivity index is 2.05. The van der Waals surface area contributed by atoms with E-state index in [9.17, 15) is 0 Å². The van der Waals surface area contributed by atoms with Gasteiger partial charge in [0, 0.05) is 30.0 Å². The molecule has 2 rings (SSSR count). The van der Waals surface area contributed by atoms with E-state index in [1.807, 2.05) is 12.1 Å². The highest BCUT2D eigenvalue weighted by Gasteiger charge is 2.11. The maximum atomic E-state index is 5.91. The number of aryl methyl sites for hydroxylation is 1. The van der Waals surface area contributed by atoms with Gasteiger partial charge >= 0.3 is 0 Å². The maximum absolute atomic E-state index is 5.91. The predicted molar refractivity (Wildman–Crippen MR) is 87.8 cm³/mol. The Morgan fingerprint density at radius 2 is 2.00 bits per heavy atom. The summed E-state index contributed by atoms with van der Waals surface area (Å²) in [6, 6.07) is 7.96. The number of hydrogen-bond donors (Lipinski definition) is 1. The molecule has 0 amide bonds. The highest BCUT2D eigenvalue weighted by Crippen LogP contribution is 2.26. The molecular weight excluding hydrogens is 290 g/mol. The van der Waals surface area contributed by atoms with Crippen LogP contribution < -0.4 is 10.2 Å². The molecule has 0 aliphatic heterocycles. The molecule has 5 heteroatoms. The molecule has 0 saturated carbocycles. The number of aromatic nitrogens is 1. The molecule has 0 bridgehead atoms. The lowest BCUT2D eigenvalue weighted by Crippen LogP contribution is -2.15. The van der Waals surface area contributed by atoms with Crippen molar-refractivity contribution in [2.45, 2.75) is 26.9 Å². The number of hydrogen-bond acceptors (Lipinski definition) is 4. The van der Waals surface area contributed by atoms with Gasteiger partial charge in [0.2, 0.25) is 0 Å². The second kappa shape index (κ2) is 7.07. The first-order valence-electron chi connectivity index (χ1n) is 6.72. The summed E-state index contributed by atoms with van der Waals surface area (Å²) in [6.45, 7) is 6.90. The molecule has 0 aliphatic carbocycles. The quantitative estimate of drug-likeness (QED) is 0.878. The van der Waals surface area contributed by atoms with E-state index < -0.39 is 0 Å². The van der Waals surface area contributed by atoms with Gasteiger partial charge in [0.05, 0.1) is 5.69 Å². The number of nitrogens with zero attached hydrogens (tertiary/aromatic N) is 2. The van der Waals surface area contributed by atoms with Gasteiger partial charge in [0.1, 0.15) is 0 Å². The summed E-state index contributed by atoms with van der Waals surface area (Å²) in [5.74, 6) is 0. The summed E-state index contributed by atoms with van der Waals surface area (Å²) in [5, 5.41) is 5.18. The SMILES string of the molecule is CCNCc1sc(N(C)Cc2ccc(Cl)cc2)nc1C. The van der Waals surface area contributed by atoms with E-state index in [0.717, 1.165) is 35.5 Å². The van der Waals surface area contributed by atoms with E-state index in [1.165, 1.54) is 10.4 Å². The Bertz CT molecular complexity index is 551. The van der Waals surface area contributed by atoms with Crippen LogP contribution in [0.2, 0.25) is 5.02 Å². The van der Waals surface area contributed by atoms with Gasteiger partial charge in [-0.25, -0.2) is 4.98 Å². The molecule has 0 spiro atoms. The average Bonchev–Trinajstić information content (AvgIpc) is 2.80. The molecule has 1 aromatic heterocycles. The van der Waals surface area contributed by atoms with E-state index in [2.05, 4.69) is 48.2 Å². The standard InChI is InChI=1S/C15H20ClN3S/c1-4-17-9-14-11(2)18-15(20-14)19(3)10-12-5-7-13(16)8-6-12/h5-8,17H,4,9-10H2,1-3H3. The van der Waals surface area contributed by atoms with E-state index in [1.54, 1.807) is 11.3 Å². The van der Waals surface area contributed by atoms with Crippen molar-refractivity contribution in [2.24, 2.45) is 0 Å². The minimum Gasteiger partial charge on any atom is -0.347 e. The maximum Gasteiger partial charge on any atom is 0.185 e.